The van der Waals surface area contributed by atoms with E-state index in [1.54, 1.807) is 20.4 Å². The predicted octanol–water partition coefficient (Wildman–Crippen LogP) is 1.82. The molecule has 1 aromatic carbocycles. The number of hydrogen-bond acceptors (Lipinski definition) is 5. The van der Waals surface area contributed by atoms with E-state index in [1.807, 2.05) is 12.1 Å². The fraction of sp³-hybridized carbons (Fsp3) is 0.357. The largest absolute Gasteiger partial charge is 0.493 e. The van der Waals surface area contributed by atoms with Gasteiger partial charge in [0.2, 0.25) is 0 Å². The Morgan fingerprint density at radius 1 is 1.24 bits per heavy atom. The van der Waals surface area contributed by atoms with Crippen LogP contribution in [0.2, 0.25) is 0 Å². The van der Waals surface area contributed by atoms with Crippen LogP contribution in [0.3, 0.4) is 0 Å². The average Bonchev–Trinajstić information content (AvgIpc) is 2.89. The number of halogens is 1. The van der Waals surface area contributed by atoms with Crippen molar-refractivity contribution in [2.45, 2.75) is 5.92 Å². The SMILES string of the molecule is COC(=O)C(CN)c1c[nH]c2cc(OC)c(OC)cc12.Cl. The van der Waals surface area contributed by atoms with Gasteiger partial charge in [-0.15, -0.1) is 12.4 Å². The number of methoxy groups -OCH3 is 3. The Balaban J connectivity index is 0.00000220. The molecule has 1 aromatic heterocycles. The lowest BCUT2D eigenvalue weighted by molar-refractivity contribution is -0.142. The molecule has 0 saturated carbocycles. The Labute approximate surface area is 129 Å². The number of rotatable bonds is 5. The van der Waals surface area contributed by atoms with Crippen LogP contribution in [0.1, 0.15) is 11.5 Å². The summed E-state index contributed by atoms with van der Waals surface area (Å²) >= 11 is 0. The van der Waals surface area contributed by atoms with Crippen LogP contribution in [0, 0.1) is 0 Å². The molecule has 0 radical (unpaired) electrons. The summed E-state index contributed by atoms with van der Waals surface area (Å²) in [5.41, 5.74) is 7.32. The first-order valence-electron chi connectivity index (χ1n) is 6.17. The van der Waals surface area contributed by atoms with E-state index >= 15 is 0 Å². The van der Waals surface area contributed by atoms with Crippen LogP contribution < -0.4 is 15.2 Å². The van der Waals surface area contributed by atoms with Gasteiger partial charge in [-0.2, -0.15) is 0 Å². The number of H-pyrrole nitrogens is 1. The smallest absolute Gasteiger partial charge is 0.314 e. The minimum absolute atomic E-state index is 0. The van der Waals surface area contributed by atoms with Crippen molar-refractivity contribution in [2.75, 3.05) is 27.9 Å². The fourth-order valence-corrected chi connectivity index (χ4v) is 2.25. The molecule has 116 valence electrons. The molecule has 0 spiro atoms. The molecule has 1 heterocycles. The Morgan fingerprint density at radius 2 is 1.86 bits per heavy atom. The average molecular weight is 315 g/mol. The summed E-state index contributed by atoms with van der Waals surface area (Å²) in [7, 11) is 4.49. The van der Waals surface area contributed by atoms with Crippen LogP contribution in [0.15, 0.2) is 18.3 Å². The van der Waals surface area contributed by atoms with Crippen LogP contribution in [0.25, 0.3) is 10.9 Å². The zero-order valence-corrected chi connectivity index (χ0v) is 13.0. The topological polar surface area (TPSA) is 86.6 Å². The molecule has 0 aliphatic carbocycles. The Kier molecular flexibility index (Phi) is 5.87. The standard InChI is InChI=1S/C14H18N2O4.ClH/c1-18-12-4-8-10(9(6-15)14(17)20-3)7-16-11(8)5-13(12)19-2;/h4-5,7,9,16H,6,15H2,1-3H3;1H. The molecule has 1 atom stereocenters. The molecule has 2 rings (SSSR count). The summed E-state index contributed by atoms with van der Waals surface area (Å²) in [6, 6.07) is 3.65. The monoisotopic (exact) mass is 314 g/mol. The zero-order valence-electron chi connectivity index (χ0n) is 12.1. The number of nitrogens with one attached hydrogen (secondary N) is 1. The van der Waals surface area contributed by atoms with E-state index in [0.717, 1.165) is 16.5 Å². The van der Waals surface area contributed by atoms with Crippen molar-refractivity contribution in [2.24, 2.45) is 5.73 Å². The fourth-order valence-electron chi connectivity index (χ4n) is 2.25. The highest BCUT2D eigenvalue weighted by molar-refractivity contribution is 5.92. The summed E-state index contributed by atoms with van der Waals surface area (Å²) in [4.78, 5) is 14.9. The number of aromatic amines is 1. The number of hydrogen-bond donors (Lipinski definition) is 2. The molecule has 6 nitrogen and oxygen atoms in total. The van der Waals surface area contributed by atoms with Gasteiger partial charge >= 0.3 is 5.97 Å². The second kappa shape index (κ2) is 7.19. The van der Waals surface area contributed by atoms with Gasteiger partial charge in [-0.1, -0.05) is 0 Å². The molecule has 0 fully saturated rings. The number of carbonyl (C=O) groups excluding carboxylic acids is 1. The van der Waals surface area contributed by atoms with Gasteiger partial charge < -0.3 is 24.9 Å². The molecular weight excluding hydrogens is 296 g/mol. The van der Waals surface area contributed by atoms with E-state index in [4.69, 9.17) is 19.9 Å². The first-order chi connectivity index (χ1) is 9.65. The second-order valence-corrected chi connectivity index (χ2v) is 4.31. The third-order valence-electron chi connectivity index (χ3n) is 3.31. The third kappa shape index (κ3) is 3.06. The minimum atomic E-state index is -0.508. The third-order valence-corrected chi connectivity index (χ3v) is 3.31. The Morgan fingerprint density at radius 3 is 2.38 bits per heavy atom. The van der Waals surface area contributed by atoms with Gasteiger partial charge in [-0.25, -0.2) is 0 Å². The van der Waals surface area contributed by atoms with Crippen LogP contribution in [-0.2, 0) is 9.53 Å². The maximum Gasteiger partial charge on any atom is 0.314 e. The van der Waals surface area contributed by atoms with Crippen LogP contribution >= 0.6 is 12.4 Å². The molecule has 0 aliphatic heterocycles. The molecule has 0 bridgehead atoms. The van der Waals surface area contributed by atoms with Crippen LogP contribution in [0.4, 0.5) is 0 Å². The summed E-state index contributed by atoms with van der Waals surface area (Å²) in [6.07, 6.45) is 1.76. The molecule has 2 aromatic rings. The number of esters is 1. The molecule has 1 unspecified atom stereocenters. The molecule has 0 amide bonds. The highest BCUT2D eigenvalue weighted by atomic mass is 35.5. The van der Waals surface area contributed by atoms with E-state index in [0.29, 0.717) is 11.5 Å². The number of fused-ring (bicyclic) bond motifs is 1. The zero-order chi connectivity index (χ0) is 14.7. The second-order valence-electron chi connectivity index (χ2n) is 4.31. The van der Waals surface area contributed by atoms with Gasteiger partial charge in [0.25, 0.3) is 0 Å². The van der Waals surface area contributed by atoms with Crippen molar-refractivity contribution in [3.8, 4) is 11.5 Å². The van der Waals surface area contributed by atoms with E-state index in [-0.39, 0.29) is 24.9 Å². The van der Waals surface area contributed by atoms with E-state index in [2.05, 4.69) is 4.98 Å². The molecular formula is C14H19ClN2O4. The molecule has 0 aliphatic rings. The van der Waals surface area contributed by atoms with Crippen molar-refractivity contribution in [3.63, 3.8) is 0 Å². The first kappa shape index (κ1) is 17.1. The van der Waals surface area contributed by atoms with Crippen molar-refractivity contribution in [1.29, 1.82) is 0 Å². The molecule has 21 heavy (non-hydrogen) atoms. The van der Waals surface area contributed by atoms with E-state index in [9.17, 15) is 4.79 Å². The Hall–Kier alpha value is -1.92. The van der Waals surface area contributed by atoms with Crippen molar-refractivity contribution < 1.29 is 19.0 Å². The highest BCUT2D eigenvalue weighted by Crippen LogP contribution is 2.35. The normalized spacial score (nSPS) is 11.6. The van der Waals surface area contributed by atoms with Crippen molar-refractivity contribution in [3.05, 3.63) is 23.9 Å². The summed E-state index contributed by atoms with van der Waals surface area (Å²) in [6.45, 7) is 0.175. The van der Waals surface area contributed by atoms with Crippen LogP contribution in [-0.4, -0.2) is 38.8 Å². The highest BCUT2D eigenvalue weighted by Gasteiger charge is 2.23. The van der Waals surface area contributed by atoms with Crippen molar-refractivity contribution in [1.82, 2.24) is 4.98 Å². The van der Waals surface area contributed by atoms with Crippen LogP contribution in [0.5, 0.6) is 11.5 Å². The van der Waals surface area contributed by atoms with Gasteiger partial charge in [0.05, 0.1) is 27.2 Å². The molecule has 7 heteroatoms. The maximum atomic E-state index is 11.8. The number of aromatic nitrogens is 1. The molecule has 0 saturated heterocycles. The first-order valence-corrected chi connectivity index (χ1v) is 6.17. The van der Waals surface area contributed by atoms with Gasteiger partial charge in [0, 0.05) is 29.7 Å². The predicted molar refractivity (Wildman–Crippen MR) is 82.5 cm³/mol. The van der Waals surface area contributed by atoms with Gasteiger partial charge in [-0.05, 0) is 11.6 Å². The quantitative estimate of drug-likeness (QED) is 0.822. The van der Waals surface area contributed by atoms with E-state index in [1.165, 1.54) is 7.11 Å². The summed E-state index contributed by atoms with van der Waals surface area (Å²) in [5.74, 6) is 0.354. The number of carbonyl (C=O) groups is 1. The lowest BCUT2D eigenvalue weighted by Crippen LogP contribution is -2.22. The number of nitrogens with two attached hydrogens (primary N) is 1. The lowest BCUT2D eigenvalue weighted by atomic mass is 9.98. The summed E-state index contributed by atoms with van der Waals surface area (Å²) in [5, 5.41) is 0.864. The minimum Gasteiger partial charge on any atom is -0.493 e. The van der Waals surface area contributed by atoms with Gasteiger partial charge in [0.15, 0.2) is 11.5 Å². The summed E-state index contributed by atoms with van der Waals surface area (Å²) < 4.78 is 15.3. The maximum absolute atomic E-state index is 11.8. The lowest BCUT2D eigenvalue weighted by Gasteiger charge is -2.12. The number of benzene rings is 1. The van der Waals surface area contributed by atoms with Crippen molar-refractivity contribution >= 4 is 29.3 Å². The Bertz CT molecular complexity index is 627. The number of ether oxygens (including phenoxy) is 3. The van der Waals surface area contributed by atoms with E-state index < -0.39 is 5.92 Å². The van der Waals surface area contributed by atoms with Gasteiger partial charge in [0.1, 0.15) is 0 Å². The van der Waals surface area contributed by atoms with Gasteiger partial charge in [-0.3, -0.25) is 4.79 Å². The molecule has 3 N–H and O–H groups in total.